The summed E-state index contributed by atoms with van der Waals surface area (Å²) in [6.45, 7) is 3.27. The van der Waals surface area contributed by atoms with E-state index in [1.54, 1.807) is 13.0 Å². The summed E-state index contributed by atoms with van der Waals surface area (Å²) in [5, 5.41) is 3.13. The molecule has 2 atom stereocenters. The molecule has 1 fully saturated rings. The Balaban J connectivity index is 2.09. The van der Waals surface area contributed by atoms with Crippen LogP contribution in [0.2, 0.25) is 5.02 Å². The largest absolute Gasteiger partial charge is 0.465 e. The Morgan fingerprint density at radius 2 is 2.43 bits per heavy atom. The minimum atomic E-state index is -0.721. The lowest BCUT2D eigenvalue weighted by atomic mass is 10.1. The minimum absolute atomic E-state index is 0.0282. The van der Waals surface area contributed by atoms with Crippen LogP contribution < -0.4 is 5.32 Å². The second-order valence-electron chi connectivity index (χ2n) is 4.90. The number of nitrogens with one attached hydrogen (secondary N) is 1. The van der Waals surface area contributed by atoms with Crippen molar-refractivity contribution in [2.75, 3.05) is 19.8 Å². The molecule has 4 nitrogen and oxygen atoms in total. The number of hydrogen-bond donors (Lipinski definition) is 1. The van der Waals surface area contributed by atoms with E-state index in [4.69, 9.17) is 21.1 Å². The van der Waals surface area contributed by atoms with Gasteiger partial charge in [-0.15, -0.1) is 0 Å². The molecule has 1 aliphatic heterocycles. The van der Waals surface area contributed by atoms with Crippen LogP contribution in [0, 0.1) is 5.82 Å². The van der Waals surface area contributed by atoms with Crippen molar-refractivity contribution >= 4 is 17.6 Å². The number of halogens is 2. The molecule has 21 heavy (non-hydrogen) atoms. The van der Waals surface area contributed by atoms with E-state index in [1.807, 2.05) is 0 Å². The summed E-state index contributed by atoms with van der Waals surface area (Å²) < 4.78 is 24.2. The monoisotopic (exact) mass is 315 g/mol. The molecule has 0 amide bonds. The van der Waals surface area contributed by atoms with Crippen LogP contribution in [0.15, 0.2) is 18.2 Å². The third-order valence-corrected chi connectivity index (χ3v) is 3.68. The van der Waals surface area contributed by atoms with Crippen molar-refractivity contribution in [2.24, 2.45) is 0 Å². The van der Waals surface area contributed by atoms with Crippen LogP contribution in [-0.2, 0) is 14.3 Å². The standard InChI is InChI=1S/C15H19ClFNO3/c1-2-20-15(19)14(18-9-11-4-3-7-21-11)10-5-6-12(16)13(17)8-10/h5-6,8,11,14,18H,2-4,7,9H2,1H3. The Labute approximate surface area is 128 Å². The van der Waals surface area contributed by atoms with E-state index in [1.165, 1.54) is 12.1 Å². The molecule has 1 saturated heterocycles. The SMILES string of the molecule is CCOC(=O)C(NCC1CCCO1)c1ccc(Cl)c(F)c1. The van der Waals surface area contributed by atoms with Crippen molar-refractivity contribution < 1.29 is 18.7 Å². The summed E-state index contributed by atoms with van der Waals surface area (Å²) in [5.41, 5.74) is 0.494. The van der Waals surface area contributed by atoms with Gasteiger partial charge in [0, 0.05) is 13.2 Å². The van der Waals surface area contributed by atoms with Gasteiger partial charge in [-0.2, -0.15) is 0 Å². The number of benzene rings is 1. The second-order valence-corrected chi connectivity index (χ2v) is 5.31. The molecule has 6 heteroatoms. The zero-order chi connectivity index (χ0) is 15.2. The van der Waals surface area contributed by atoms with Gasteiger partial charge in [0.05, 0.1) is 17.7 Å². The highest BCUT2D eigenvalue weighted by Crippen LogP contribution is 2.22. The van der Waals surface area contributed by atoms with Crippen LogP contribution >= 0.6 is 11.6 Å². The predicted molar refractivity (Wildman–Crippen MR) is 77.8 cm³/mol. The van der Waals surface area contributed by atoms with Gasteiger partial charge in [-0.25, -0.2) is 9.18 Å². The fourth-order valence-electron chi connectivity index (χ4n) is 2.31. The first-order valence-electron chi connectivity index (χ1n) is 7.08. The molecule has 1 aromatic carbocycles. The second kappa shape index (κ2) is 7.73. The predicted octanol–water partition coefficient (Wildman–Crippen LogP) is 2.85. The molecular formula is C15H19ClFNO3. The number of carbonyl (C=O) groups excluding carboxylic acids is 1. The van der Waals surface area contributed by atoms with E-state index in [9.17, 15) is 9.18 Å². The van der Waals surface area contributed by atoms with Gasteiger partial charge in [0.15, 0.2) is 0 Å². The summed E-state index contributed by atoms with van der Waals surface area (Å²) in [5.74, 6) is -0.986. The minimum Gasteiger partial charge on any atom is -0.465 e. The first-order valence-corrected chi connectivity index (χ1v) is 7.46. The summed E-state index contributed by atoms with van der Waals surface area (Å²) in [6, 6.07) is 3.59. The number of hydrogen-bond acceptors (Lipinski definition) is 4. The molecule has 0 saturated carbocycles. The third-order valence-electron chi connectivity index (χ3n) is 3.37. The summed E-state index contributed by atoms with van der Waals surface area (Å²) >= 11 is 5.68. The Morgan fingerprint density at radius 1 is 1.62 bits per heavy atom. The number of carbonyl (C=O) groups is 1. The maximum atomic E-state index is 13.6. The van der Waals surface area contributed by atoms with Crippen molar-refractivity contribution in [3.63, 3.8) is 0 Å². The van der Waals surface area contributed by atoms with E-state index in [0.717, 1.165) is 19.4 Å². The van der Waals surface area contributed by atoms with Crippen LogP contribution in [0.3, 0.4) is 0 Å². The van der Waals surface area contributed by atoms with Crippen molar-refractivity contribution in [1.29, 1.82) is 0 Å². The fraction of sp³-hybridized carbons (Fsp3) is 0.533. The average molecular weight is 316 g/mol. The summed E-state index contributed by atoms with van der Waals surface area (Å²) in [4.78, 5) is 12.1. The third kappa shape index (κ3) is 4.40. The van der Waals surface area contributed by atoms with Gasteiger partial charge in [0.1, 0.15) is 11.9 Å². The van der Waals surface area contributed by atoms with Crippen molar-refractivity contribution in [1.82, 2.24) is 5.32 Å². The van der Waals surface area contributed by atoms with E-state index in [-0.39, 0.29) is 17.7 Å². The first-order chi connectivity index (χ1) is 10.1. The molecule has 1 aromatic rings. The molecule has 2 unspecified atom stereocenters. The van der Waals surface area contributed by atoms with Crippen LogP contribution in [0.1, 0.15) is 31.4 Å². The highest BCUT2D eigenvalue weighted by Gasteiger charge is 2.25. The normalized spacial score (nSPS) is 19.5. The van der Waals surface area contributed by atoms with Gasteiger partial charge in [0.25, 0.3) is 0 Å². The molecule has 0 aliphatic carbocycles. The average Bonchev–Trinajstić information content (AvgIpc) is 2.96. The number of esters is 1. The van der Waals surface area contributed by atoms with Crippen molar-refractivity contribution in [3.05, 3.63) is 34.6 Å². The Hall–Kier alpha value is -1.17. The van der Waals surface area contributed by atoms with Gasteiger partial charge in [-0.3, -0.25) is 5.32 Å². The van der Waals surface area contributed by atoms with E-state index in [0.29, 0.717) is 12.1 Å². The molecule has 0 bridgehead atoms. The molecule has 0 radical (unpaired) electrons. The quantitative estimate of drug-likeness (QED) is 0.820. The van der Waals surface area contributed by atoms with Gasteiger partial charge in [-0.1, -0.05) is 17.7 Å². The van der Waals surface area contributed by atoms with Gasteiger partial charge >= 0.3 is 5.97 Å². The highest BCUT2D eigenvalue weighted by molar-refractivity contribution is 6.30. The lowest BCUT2D eigenvalue weighted by Crippen LogP contribution is -2.35. The fourth-order valence-corrected chi connectivity index (χ4v) is 2.43. The molecular weight excluding hydrogens is 297 g/mol. The zero-order valence-corrected chi connectivity index (χ0v) is 12.7. The van der Waals surface area contributed by atoms with Gasteiger partial charge in [0.2, 0.25) is 0 Å². The van der Waals surface area contributed by atoms with Gasteiger partial charge in [-0.05, 0) is 37.5 Å². The van der Waals surface area contributed by atoms with Crippen LogP contribution in [0.5, 0.6) is 0 Å². The lowest BCUT2D eigenvalue weighted by Gasteiger charge is -2.20. The Bertz CT molecular complexity index is 492. The molecule has 0 spiro atoms. The van der Waals surface area contributed by atoms with Gasteiger partial charge < -0.3 is 9.47 Å². The maximum absolute atomic E-state index is 13.6. The van der Waals surface area contributed by atoms with Crippen molar-refractivity contribution in [3.8, 4) is 0 Å². The molecule has 116 valence electrons. The molecule has 1 heterocycles. The van der Waals surface area contributed by atoms with E-state index < -0.39 is 17.8 Å². The Kier molecular flexibility index (Phi) is 5.96. The van der Waals surface area contributed by atoms with Crippen LogP contribution in [0.25, 0.3) is 0 Å². The molecule has 1 aliphatic rings. The van der Waals surface area contributed by atoms with Crippen LogP contribution in [0.4, 0.5) is 4.39 Å². The first kappa shape index (κ1) is 16.2. The highest BCUT2D eigenvalue weighted by atomic mass is 35.5. The molecule has 1 N–H and O–H groups in total. The summed E-state index contributed by atoms with van der Waals surface area (Å²) in [7, 11) is 0. The Morgan fingerprint density at radius 3 is 3.05 bits per heavy atom. The van der Waals surface area contributed by atoms with Crippen molar-refractivity contribution in [2.45, 2.75) is 31.9 Å². The molecule has 0 aromatic heterocycles. The maximum Gasteiger partial charge on any atom is 0.327 e. The summed E-state index contributed by atoms with van der Waals surface area (Å²) in [6.07, 6.45) is 2.06. The zero-order valence-electron chi connectivity index (χ0n) is 11.9. The van der Waals surface area contributed by atoms with E-state index in [2.05, 4.69) is 5.32 Å². The number of rotatable bonds is 6. The van der Waals surface area contributed by atoms with E-state index >= 15 is 0 Å². The topological polar surface area (TPSA) is 47.6 Å². The van der Waals surface area contributed by atoms with Crippen LogP contribution in [-0.4, -0.2) is 31.8 Å². The lowest BCUT2D eigenvalue weighted by molar-refractivity contribution is -0.146. The molecule has 2 rings (SSSR count). The smallest absolute Gasteiger partial charge is 0.327 e. The number of ether oxygens (including phenoxy) is 2.